The van der Waals surface area contributed by atoms with Crippen LogP contribution in [0.3, 0.4) is 0 Å². The van der Waals surface area contributed by atoms with Crippen LogP contribution in [0.2, 0.25) is 0 Å². The van der Waals surface area contributed by atoms with Crippen LogP contribution in [0.4, 0.5) is 0 Å². The summed E-state index contributed by atoms with van der Waals surface area (Å²) in [6, 6.07) is 0. The molecule has 58 valence electrons. The lowest BCUT2D eigenvalue weighted by atomic mass is 10.1. The number of carboxylic acids is 1. The maximum Gasteiger partial charge on any atom is 0.311 e. The molecule has 0 bridgehead atoms. The Labute approximate surface area is 65.2 Å². The van der Waals surface area contributed by atoms with Gasteiger partial charge in [0.25, 0.3) is 0 Å². The van der Waals surface area contributed by atoms with Gasteiger partial charge in [-0.3, -0.25) is 4.79 Å². The van der Waals surface area contributed by atoms with Gasteiger partial charge in [0, 0.05) is 6.54 Å². The first-order valence-corrected chi connectivity index (χ1v) is 3.20. The molecule has 10 heavy (non-hydrogen) atoms. The summed E-state index contributed by atoms with van der Waals surface area (Å²) in [6.45, 7) is 1.60. The van der Waals surface area contributed by atoms with Crippen LogP contribution in [0, 0.1) is 11.3 Å². The zero-order valence-corrected chi connectivity index (χ0v) is 6.28. The molecule has 2 rings (SSSR count). The molecule has 1 heterocycles. The third-order valence-corrected chi connectivity index (χ3v) is 2.49. The first-order chi connectivity index (χ1) is 4.26. The van der Waals surface area contributed by atoms with Crippen LogP contribution in [-0.4, -0.2) is 24.2 Å². The Morgan fingerprint density at radius 2 is 2.40 bits per heavy atom. The normalized spacial score (nSPS) is 41.8. The molecule has 2 fully saturated rings. The molecular formula is C6H10ClNO2. The predicted octanol–water partition coefficient (Wildman–Crippen LogP) is 0.102. The van der Waals surface area contributed by atoms with E-state index in [2.05, 4.69) is 5.32 Å². The van der Waals surface area contributed by atoms with Gasteiger partial charge in [0.1, 0.15) is 0 Å². The fourth-order valence-electron chi connectivity index (χ4n) is 1.67. The van der Waals surface area contributed by atoms with E-state index in [4.69, 9.17) is 5.11 Å². The first-order valence-electron chi connectivity index (χ1n) is 3.20. The summed E-state index contributed by atoms with van der Waals surface area (Å²) in [5, 5.41) is 11.7. The molecule has 0 amide bonds. The molecule has 2 atom stereocenters. The van der Waals surface area contributed by atoms with Gasteiger partial charge in [-0.2, -0.15) is 0 Å². The number of halogens is 1. The quantitative estimate of drug-likeness (QED) is 0.577. The molecule has 4 heteroatoms. The number of fused-ring (bicyclic) bond motifs is 1. The lowest BCUT2D eigenvalue weighted by Crippen LogP contribution is -2.23. The minimum Gasteiger partial charge on any atom is -0.481 e. The third kappa shape index (κ3) is 0.739. The van der Waals surface area contributed by atoms with E-state index in [0.717, 1.165) is 13.0 Å². The lowest BCUT2D eigenvalue weighted by Gasteiger charge is -2.01. The minimum absolute atomic E-state index is 0. The van der Waals surface area contributed by atoms with Crippen LogP contribution in [0.15, 0.2) is 0 Å². The average Bonchev–Trinajstić information content (AvgIpc) is 2.38. The van der Waals surface area contributed by atoms with E-state index in [1.54, 1.807) is 0 Å². The van der Waals surface area contributed by atoms with Crippen molar-refractivity contribution in [2.24, 2.45) is 11.3 Å². The predicted molar refractivity (Wildman–Crippen MR) is 38.3 cm³/mol. The molecule has 3 nitrogen and oxygen atoms in total. The molecule has 2 N–H and O–H groups in total. The van der Waals surface area contributed by atoms with Crippen LogP contribution >= 0.6 is 12.4 Å². The molecule has 0 aromatic heterocycles. The van der Waals surface area contributed by atoms with Crippen molar-refractivity contribution in [3.63, 3.8) is 0 Å². The number of carboxylic acid groups (broad SMARTS) is 1. The minimum atomic E-state index is -0.613. The molecule has 1 saturated carbocycles. The molecular weight excluding hydrogens is 154 g/mol. The Morgan fingerprint density at radius 1 is 1.70 bits per heavy atom. The van der Waals surface area contributed by atoms with Gasteiger partial charge in [-0.25, -0.2) is 0 Å². The van der Waals surface area contributed by atoms with E-state index in [0.29, 0.717) is 12.5 Å². The second kappa shape index (κ2) is 2.10. The second-order valence-electron chi connectivity index (χ2n) is 2.99. The smallest absolute Gasteiger partial charge is 0.311 e. The summed E-state index contributed by atoms with van der Waals surface area (Å²) in [4.78, 5) is 10.5. The number of aliphatic carboxylic acids is 1. The van der Waals surface area contributed by atoms with Gasteiger partial charge in [0.2, 0.25) is 0 Å². The Hall–Kier alpha value is -0.280. The number of carbonyl (C=O) groups is 1. The summed E-state index contributed by atoms with van der Waals surface area (Å²) in [5.74, 6) is -0.174. The summed E-state index contributed by atoms with van der Waals surface area (Å²) in [6.07, 6.45) is 0.898. The fourth-order valence-corrected chi connectivity index (χ4v) is 1.67. The van der Waals surface area contributed by atoms with Crippen LogP contribution < -0.4 is 5.32 Å². The van der Waals surface area contributed by atoms with E-state index in [9.17, 15) is 4.79 Å². The molecule has 0 spiro atoms. The summed E-state index contributed by atoms with van der Waals surface area (Å²) in [5.41, 5.74) is -0.333. The highest BCUT2D eigenvalue weighted by atomic mass is 35.5. The number of hydrogen-bond acceptors (Lipinski definition) is 2. The van der Waals surface area contributed by atoms with Crippen molar-refractivity contribution in [3.8, 4) is 0 Å². The van der Waals surface area contributed by atoms with Gasteiger partial charge in [-0.15, -0.1) is 12.4 Å². The van der Waals surface area contributed by atoms with Crippen LogP contribution in [0.25, 0.3) is 0 Å². The molecule has 2 aliphatic rings. The van der Waals surface area contributed by atoms with E-state index in [-0.39, 0.29) is 17.8 Å². The highest BCUT2D eigenvalue weighted by Gasteiger charge is 2.62. The van der Waals surface area contributed by atoms with Crippen molar-refractivity contribution in [1.29, 1.82) is 0 Å². The number of rotatable bonds is 1. The number of hydrogen-bond donors (Lipinski definition) is 2. The Kier molecular flexibility index (Phi) is 1.65. The van der Waals surface area contributed by atoms with E-state index in [1.807, 2.05) is 0 Å². The molecule has 1 saturated heterocycles. The van der Waals surface area contributed by atoms with Crippen molar-refractivity contribution in [3.05, 3.63) is 0 Å². The fraction of sp³-hybridized carbons (Fsp3) is 0.833. The number of nitrogens with one attached hydrogen (secondary N) is 1. The SMILES string of the molecule is Cl.O=C(O)[C@]12CNC[C@H]1C2. The topological polar surface area (TPSA) is 49.3 Å². The summed E-state index contributed by atoms with van der Waals surface area (Å²) in [7, 11) is 0. The average molecular weight is 164 g/mol. The van der Waals surface area contributed by atoms with Crippen LogP contribution in [0.5, 0.6) is 0 Å². The second-order valence-corrected chi connectivity index (χ2v) is 2.99. The Morgan fingerprint density at radius 3 is 2.60 bits per heavy atom. The maximum atomic E-state index is 10.5. The molecule has 0 unspecified atom stereocenters. The van der Waals surface area contributed by atoms with Gasteiger partial charge < -0.3 is 10.4 Å². The van der Waals surface area contributed by atoms with Gasteiger partial charge in [-0.1, -0.05) is 0 Å². The highest BCUT2D eigenvalue weighted by molar-refractivity contribution is 5.85. The van der Waals surface area contributed by atoms with Crippen LogP contribution in [-0.2, 0) is 4.79 Å². The molecule has 0 radical (unpaired) electrons. The highest BCUT2D eigenvalue weighted by Crippen LogP contribution is 2.54. The molecule has 0 aromatic carbocycles. The lowest BCUT2D eigenvalue weighted by molar-refractivity contribution is -0.143. The molecule has 1 aliphatic heterocycles. The van der Waals surface area contributed by atoms with Gasteiger partial charge >= 0.3 is 5.97 Å². The van der Waals surface area contributed by atoms with Crippen molar-refractivity contribution < 1.29 is 9.90 Å². The van der Waals surface area contributed by atoms with E-state index >= 15 is 0 Å². The Bertz CT molecular complexity index is 173. The van der Waals surface area contributed by atoms with Crippen molar-refractivity contribution >= 4 is 18.4 Å². The van der Waals surface area contributed by atoms with Crippen LogP contribution in [0.1, 0.15) is 6.42 Å². The van der Waals surface area contributed by atoms with Crippen molar-refractivity contribution in [2.45, 2.75) is 6.42 Å². The van der Waals surface area contributed by atoms with Gasteiger partial charge in [0.05, 0.1) is 5.41 Å². The zero-order chi connectivity index (χ0) is 6.48. The van der Waals surface area contributed by atoms with E-state index in [1.165, 1.54) is 0 Å². The summed E-state index contributed by atoms with van der Waals surface area (Å²) >= 11 is 0. The zero-order valence-electron chi connectivity index (χ0n) is 5.46. The number of piperidine rings is 1. The summed E-state index contributed by atoms with van der Waals surface area (Å²) < 4.78 is 0. The Balaban J connectivity index is 0.000000500. The first kappa shape index (κ1) is 7.82. The molecule has 1 aliphatic carbocycles. The van der Waals surface area contributed by atoms with Crippen molar-refractivity contribution in [1.82, 2.24) is 5.32 Å². The maximum absolute atomic E-state index is 10.5. The van der Waals surface area contributed by atoms with Gasteiger partial charge in [-0.05, 0) is 18.9 Å². The van der Waals surface area contributed by atoms with Gasteiger partial charge in [0.15, 0.2) is 0 Å². The largest absolute Gasteiger partial charge is 0.481 e. The standard InChI is InChI=1S/C6H9NO2.ClH/c8-5(9)6-1-4(6)2-7-3-6;/h4,7H,1-3H2,(H,8,9);1H/t4-,6-;/m1./s1. The van der Waals surface area contributed by atoms with E-state index < -0.39 is 5.97 Å². The monoisotopic (exact) mass is 163 g/mol. The molecule has 0 aromatic rings. The van der Waals surface area contributed by atoms with Crippen molar-refractivity contribution in [2.75, 3.05) is 13.1 Å². The third-order valence-electron chi connectivity index (χ3n) is 2.49.